The first-order chi connectivity index (χ1) is 13.8. The highest BCUT2D eigenvalue weighted by molar-refractivity contribution is 7.99. The van der Waals surface area contributed by atoms with Gasteiger partial charge >= 0.3 is 0 Å². The van der Waals surface area contributed by atoms with Gasteiger partial charge in [-0.2, -0.15) is 0 Å². The van der Waals surface area contributed by atoms with E-state index in [0.717, 1.165) is 35.9 Å². The van der Waals surface area contributed by atoms with Crippen molar-refractivity contribution in [2.45, 2.75) is 72.0 Å². The van der Waals surface area contributed by atoms with E-state index in [2.05, 4.69) is 39.9 Å². The van der Waals surface area contributed by atoms with E-state index >= 15 is 0 Å². The molecule has 1 aliphatic carbocycles. The molecule has 0 saturated heterocycles. The third-order valence-electron chi connectivity index (χ3n) is 5.35. The number of aryl methyl sites for hydroxylation is 1. The SMILES string of the molecule is CC(C)CCn1c(SCC(=O)NCC(C)C)nc2sc3c(c2c1=O)CCC(C)C3. The lowest BCUT2D eigenvalue weighted by Crippen LogP contribution is -2.29. The van der Waals surface area contributed by atoms with Crippen LogP contribution < -0.4 is 10.9 Å². The molecule has 0 aromatic carbocycles. The molecule has 1 aliphatic rings. The van der Waals surface area contributed by atoms with Crippen molar-refractivity contribution < 1.29 is 4.79 Å². The minimum absolute atomic E-state index is 0.00671. The van der Waals surface area contributed by atoms with Crippen molar-refractivity contribution in [3.8, 4) is 0 Å². The number of nitrogens with one attached hydrogen (secondary N) is 1. The van der Waals surface area contributed by atoms with Crippen LogP contribution in [0.4, 0.5) is 0 Å². The predicted molar refractivity (Wildman–Crippen MR) is 123 cm³/mol. The molecule has 0 bridgehead atoms. The molecule has 2 aromatic rings. The summed E-state index contributed by atoms with van der Waals surface area (Å²) in [4.78, 5) is 32.7. The third-order valence-corrected chi connectivity index (χ3v) is 7.47. The van der Waals surface area contributed by atoms with Crippen molar-refractivity contribution in [1.82, 2.24) is 14.9 Å². The van der Waals surface area contributed by atoms with Gasteiger partial charge in [0.15, 0.2) is 5.16 Å². The third kappa shape index (κ3) is 5.43. The number of rotatable bonds is 8. The molecule has 1 atom stereocenters. The maximum atomic E-state index is 13.5. The van der Waals surface area contributed by atoms with Gasteiger partial charge in [-0.1, -0.05) is 46.4 Å². The van der Waals surface area contributed by atoms with Crippen LogP contribution >= 0.6 is 23.1 Å². The summed E-state index contributed by atoms with van der Waals surface area (Å²) in [5.74, 6) is 1.86. The average Bonchev–Trinajstić information content (AvgIpc) is 3.01. The second-order valence-electron chi connectivity index (χ2n) is 9.05. The van der Waals surface area contributed by atoms with Crippen molar-refractivity contribution in [3.05, 3.63) is 20.8 Å². The fraction of sp³-hybridized carbons (Fsp3) is 0.682. The topological polar surface area (TPSA) is 64.0 Å². The van der Waals surface area contributed by atoms with E-state index in [0.29, 0.717) is 36.0 Å². The van der Waals surface area contributed by atoms with Gasteiger partial charge in [-0.15, -0.1) is 11.3 Å². The summed E-state index contributed by atoms with van der Waals surface area (Å²) in [6.07, 6.45) is 4.07. The van der Waals surface area contributed by atoms with Crippen molar-refractivity contribution in [1.29, 1.82) is 0 Å². The molecule has 2 heterocycles. The van der Waals surface area contributed by atoms with Gasteiger partial charge in [0.2, 0.25) is 5.91 Å². The minimum Gasteiger partial charge on any atom is -0.355 e. The smallest absolute Gasteiger partial charge is 0.263 e. The molecule has 0 saturated carbocycles. The first-order valence-electron chi connectivity index (χ1n) is 10.7. The zero-order chi connectivity index (χ0) is 21.1. The van der Waals surface area contributed by atoms with Gasteiger partial charge in [0.25, 0.3) is 5.56 Å². The second kappa shape index (κ2) is 9.65. The van der Waals surface area contributed by atoms with Crippen LogP contribution in [-0.2, 0) is 24.2 Å². The number of carbonyl (C=O) groups is 1. The lowest BCUT2D eigenvalue weighted by Gasteiger charge is -2.18. The van der Waals surface area contributed by atoms with Crippen molar-refractivity contribution >= 4 is 39.2 Å². The molecule has 0 fully saturated rings. The van der Waals surface area contributed by atoms with E-state index in [1.165, 1.54) is 22.2 Å². The quantitative estimate of drug-likeness (QED) is 0.490. The van der Waals surface area contributed by atoms with Crippen LogP contribution in [0.1, 0.15) is 57.9 Å². The number of aromatic nitrogens is 2. The van der Waals surface area contributed by atoms with Gasteiger partial charge in [-0.3, -0.25) is 14.2 Å². The Balaban J connectivity index is 1.93. The molecule has 3 rings (SSSR count). The Bertz CT molecular complexity index is 930. The largest absolute Gasteiger partial charge is 0.355 e. The van der Waals surface area contributed by atoms with E-state index in [1.54, 1.807) is 11.3 Å². The molecular weight excluding hydrogens is 402 g/mol. The predicted octanol–water partition coefficient (Wildman–Crippen LogP) is 4.49. The summed E-state index contributed by atoms with van der Waals surface area (Å²) in [6.45, 7) is 12.1. The Hall–Kier alpha value is -1.34. The molecule has 5 nitrogen and oxygen atoms in total. The molecule has 0 aliphatic heterocycles. The van der Waals surface area contributed by atoms with E-state index in [9.17, 15) is 9.59 Å². The highest BCUT2D eigenvalue weighted by Gasteiger charge is 2.25. The number of carbonyl (C=O) groups excluding carboxylic acids is 1. The van der Waals surface area contributed by atoms with Gasteiger partial charge in [0, 0.05) is 18.0 Å². The Kier molecular flexibility index (Phi) is 7.43. The standard InChI is InChI=1S/C22H33N3O2S2/c1-13(2)8-9-25-21(27)19-16-7-6-15(5)10-17(16)29-20(19)24-22(25)28-12-18(26)23-11-14(3)4/h13-15H,6-12H2,1-5H3,(H,23,26). The fourth-order valence-corrected chi connectivity index (χ4v) is 5.88. The summed E-state index contributed by atoms with van der Waals surface area (Å²) in [5, 5.41) is 4.45. The number of thiophene rings is 1. The van der Waals surface area contributed by atoms with Gasteiger partial charge in [0.1, 0.15) is 4.83 Å². The van der Waals surface area contributed by atoms with Crippen molar-refractivity contribution in [2.75, 3.05) is 12.3 Å². The molecule has 1 amide bonds. The summed E-state index contributed by atoms with van der Waals surface area (Å²) in [6, 6.07) is 0. The van der Waals surface area contributed by atoms with Crippen LogP contribution in [0.25, 0.3) is 10.2 Å². The van der Waals surface area contributed by atoms with Crippen LogP contribution in [0.2, 0.25) is 0 Å². The molecule has 1 N–H and O–H groups in total. The number of hydrogen-bond acceptors (Lipinski definition) is 5. The number of thioether (sulfide) groups is 1. The highest BCUT2D eigenvalue weighted by Crippen LogP contribution is 2.36. The van der Waals surface area contributed by atoms with Crippen LogP contribution in [0, 0.1) is 17.8 Å². The van der Waals surface area contributed by atoms with E-state index in [4.69, 9.17) is 4.98 Å². The lowest BCUT2D eigenvalue weighted by atomic mass is 9.89. The van der Waals surface area contributed by atoms with E-state index in [-0.39, 0.29) is 17.2 Å². The lowest BCUT2D eigenvalue weighted by molar-refractivity contribution is -0.118. The average molecular weight is 436 g/mol. The van der Waals surface area contributed by atoms with Crippen molar-refractivity contribution in [2.24, 2.45) is 17.8 Å². The molecule has 0 radical (unpaired) electrons. The maximum absolute atomic E-state index is 13.5. The zero-order valence-corrected chi connectivity index (χ0v) is 19.8. The Morgan fingerprint density at radius 3 is 2.76 bits per heavy atom. The Morgan fingerprint density at radius 2 is 2.07 bits per heavy atom. The first kappa shape index (κ1) is 22.3. The number of amides is 1. The number of nitrogens with zero attached hydrogens (tertiary/aromatic N) is 2. The van der Waals surface area contributed by atoms with Crippen molar-refractivity contribution in [3.63, 3.8) is 0 Å². The fourth-order valence-electron chi connectivity index (χ4n) is 3.60. The summed E-state index contributed by atoms with van der Waals surface area (Å²) in [7, 11) is 0. The first-order valence-corrected chi connectivity index (χ1v) is 12.5. The summed E-state index contributed by atoms with van der Waals surface area (Å²) >= 11 is 3.06. The normalized spacial score (nSPS) is 16.6. The van der Waals surface area contributed by atoms with Crippen LogP contribution in [0.15, 0.2) is 9.95 Å². The summed E-state index contributed by atoms with van der Waals surface area (Å²) in [5.41, 5.74) is 1.30. The molecule has 160 valence electrons. The van der Waals surface area contributed by atoms with Gasteiger partial charge < -0.3 is 5.32 Å². The Morgan fingerprint density at radius 1 is 1.31 bits per heavy atom. The van der Waals surface area contributed by atoms with Crippen LogP contribution in [0.5, 0.6) is 0 Å². The van der Waals surface area contributed by atoms with Gasteiger partial charge in [-0.25, -0.2) is 4.98 Å². The van der Waals surface area contributed by atoms with E-state index in [1.807, 2.05) is 4.57 Å². The minimum atomic E-state index is -0.00671. The number of fused-ring (bicyclic) bond motifs is 3. The molecule has 29 heavy (non-hydrogen) atoms. The van der Waals surface area contributed by atoms with Crippen LogP contribution in [-0.4, -0.2) is 27.8 Å². The van der Waals surface area contributed by atoms with E-state index < -0.39 is 0 Å². The summed E-state index contributed by atoms with van der Waals surface area (Å²) < 4.78 is 1.81. The van der Waals surface area contributed by atoms with Gasteiger partial charge in [-0.05, 0) is 49.0 Å². The zero-order valence-electron chi connectivity index (χ0n) is 18.2. The van der Waals surface area contributed by atoms with Gasteiger partial charge in [0.05, 0.1) is 11.1 Å². The number of hydrogen-bond donors (Lipinski definition) is 1. The maximum Gasteiger partial charge on any atom is 0.263 e. The molecule has 1 unspecified atom stereocenters. The molecule has 0 spiro atoms. The molecular formula is C22H33N3O2S2. The Labute approximate surface area is 181 Å². The molecule has 7 heteroatoms. The second-order valence-corrected chi connectivity index (χ2v) is 11.1. The monoisotopic (exact) mass is 435 g/mol. The van der Waals surface area contributed by atoms with Crippen LogP contribution in [0.3, 0.4) is 0 Å². The molecule has 2 aromatic heterocycles. The highest BCUT2D eigenvalue weighted by atomic mass is 32.2.